The summed E-state index contributed by atoms with van der Waals surface area (Å²) in [5.41, 5.74) is 0.782. The van der Waals surface area contributed by atoms with Gasteiger partial charge >= 0.3 is 0 Å². The van der Waals surface area contributed by atoms with Crippen molar-refractivity contribution in [2.75, 3.05) is 0 Å². The fourth-order valence-corrected chi connectivity index (χ4v) is 2.42. The van der Waals surface area contributed by atoms with E-state index in [1.54, 1.807) is 0 Å². The lowest BCUT2D eigenvalue weighted by Gasteiger charge is -2.26. The highest BCUT2D eigenvalue weighted by Gasteiger charge is 2.38. The Morgan fingerprint density at radius 3 is 2.67 bits per heavy atom. The van der Waals surface area contributed by atoms with Crippen LogP contribution < -0.4 is 0 Å². The average molecular weight is 289 g/mol. The summed E-state index contributed by atoms with van der Waals surface area (Å²) in [6.07, 6.45) is 3.78. The van der Waals surface area contributed by atoms with Gasteiger partial charge in [0.15, 0.2) is 0 Å². The lowest BCUT2D eigenvalue weighted by molar-refractivity contribution is 0.112. The van der Waals surface area contributed by atoms with E-state index in [1.807, 2.05) is 0 Å². The van der Waals surface area contributed by atoms with E-state index in [1.165, 1.54) is 24.3 Å². The van der Waals surface area contributed by atoms with Crippen LogP contribution >= 0.6 is 23.2 Å². The third-order valence-corrected chi connectivity index (χ3v) is 3.36. The molecule has 1 aromatic carbocycles. The Bertz CT molecular complexity index is 550. The van der Waals surface area contributed by atoms with Gasteiger partial charge in [-0.25, -0.2) is 8.78 Å². The molecule has 0 amide bonds. The molecule has 0 aromatic heterocycles. The molecule has 1 aromatic rings. The SMILES string of the molecule is O=Cc1ccc(C2C=CC(F)=CC2(F)Cl)c(Cl)c1. The number of hydrogen-bond acceptors (Lipinski definition) is 1. The van der Waals surface area contributed by atoms with E-state index in [-0.39, 0.29) is 5.02 Å². The van der Waals surface area contributed by atoms with E-state index in [0.717, 1.165) is 6.08 Å². The van der Waals surface area contributed by atoms with Gasteiger partial charge in [-0.2, -0.15) is 0 Å². The number of rotatable bonds is 2. The summed E-state index contributed by atoms with van der Waals surface area (Å²) >= 11 is 11.6. The lowest BCUT2D eigenvalue weighted by Crippen LogP contribution is -2.23. The van der Waals surface area contributed by atoms with Gasteiger partial charge < -0.3 is 0 Å². The summed E-state index contributed by atoms with van der Waals surface area (Å²) in [6.45, 7) is 0. The first-order valence-corrected chi connectivity index (χ1v) is 5.88. The van der Waals surface area contributed by atoms with Crippen LogP contribution in [0.4, 0.5) is 8.78 Å². The second-order valence-electron chi connectivity index (χ2n) is 3.94. The third kappa shape index (κ3) is 2.47. The van der Waals surface area contributed by atoms with E-state index in [0.29, 0.717) is 23.5 Å². The molecule has 0 radical (unpaired) electrons. The topological polar surface area (TPSA) is 17.1 Å². The normalized spacial score (nSPS) is 26.9. The summed E-state index contributed by atoms with van der Waals surface area (Å²) in [4.78, 5) is 10.6. The first kappa shape index (κ1) is 13.2. The van der Waals surface area contributed by atoms with E-state index < -0.39 is 16.9 Å². The number of carbonyl (C=O) groups excluding carboxylic acids is 1. The van der Waals surface area contributed by atoms with Crippen LogP contribution in [0.1, 0.15) is 21.8 Å². The summed E-state index contributed by atoms with van der Waals surface area (Å²) in [5.74, 6) is -1.63. The minimum absolute atomic E-state index is 0.215. The maximum Gasteiger partial charge on any atom is 0.215 e. The molecule has 1 aliphatic rings. The number of carbonyl (C=O) groups is 1. The van der Waals surface area contributed by atoms with Gasteiger partial charge in [-0.3, -0.25) is 4.79 Å². The van der Waals surface area contributed by atoms with Crippen molar-refractivity contribution in [3.05, 3.63) is 58.4 Å². The zero-order valence-electron chi connectivity index (χ0n) is 9.04. The predicted molar refractivity (Wildman–Crippen MR) is 67.6 cm³/mol. The molecule has 0 spiro atoms. The zero-order chi connectivity index (χ0) is 13.3. The van der Waals surface area contributed by atoms with Crippen LogP contribution in [-0.4, -0.2) is 11.4 Å². The Kier molecular flexibility index (Phi) is 3.55. The van der Waals surface area contributed by atoms with Gasteiger partial charge in [-0.05, 0) is 17.7 Å². The molecular weight excluding hydrogens is 281 g/mol. The zero-order valence-corrected chi connectivity index (χ0v) is 10.6. The Hall–Kier alpha value is -1.19. The van der Waals surface area contributed by atoms with Gasteiger partial charge in [0, 0.05) is 16.7 Å². The summed E-state index contributed by atoms with van der Waals surface area (Å²) in [7, 11) is 0. The van der Waals surface area contributed by atoms with Crippen molar-refractivity contribution in [2.45, 2.75) is 11.0 Å². The standard InChI is InChI=1S/C13H8Cl2F2O/c14-12-5-8(7-18)1-3-10(12)11-4-2-9(16)6-13(11,15)17/h1-7,11H. The van der Waals surface area contributed by atoms with Crippen LogP contribution in [0, 0.1) is 0 Å². The molecule has 2 rings (SSSR count). The monoisotopic (exact) mass is 288 g/mol. The van der Waals surface area contributed by atoms with Crippen LogP contribution in [0.3, 0.4) is 0 Å². The summed E-state index contributed by atoms with van der Waals surface area (Å²) in [6, 6.07) is 4.43. The van der Waals surface area contributed by atoms with Crippen molar-refractivity contribution in [1.82, 2.24) is 0 Å². The maximum absolute atomic E-state index is 14.1. The lowest BCUT2D eigenvalue weighted by atomic mass is 9.89. The van der Waals surface area contributed by atoms with Crippen molar-refractivity contribution >= 4 is 29.5 Å². The molecule has 0 N–H and O–H groups in total. The molecule has 5 heteroatoms. The molecule has 1 aliphatic carbocycles. The van der Waals surface area contributed by atoms with Gasteiger partial charge in [0.05, 0.1) is 5.92 Å². The predicted octanol–water partition coefficient (Wildman–Crippen LogP) is 4.56. The molecule has 2 unspecified atom stereocenters. The molecule has 0 aliphatic heterocycles. The van der Waals surface area contributed by atoms with Gasteiger partial charge in [0.1, 0.15) is 12.1 Å². The summed E-state index contributed by atoms with van der Waals surface area (Å²) < 4.78 is 27.1. The molecule has 0 fully saturated rings. The Labute approximate surface area is 113 Å². The molecule has 0 saturated heterocycles. The quantitative estimate of drug-likeness (QED) is 0.576. The Morgan fingerprint density at radius 1 is 1.39 bits per heavy atom. The van der Waals surface area contributed by atoms with Crippen molar-refractivity contribution in [3.63, 3.8) is 0 Å². The van der Waals surface area contributed by atoms with Crippen molar-refractivity contribution in [2.24, 2.45) is 0 Å². The van der Waals surface area contributed by atoms with Gasteiger partial charge in [0.2, 0.25) is 5.13 Å². The van der Waals surface area contributed by atoms with Crippen LogP contribution in [-0.2, 0) is 0 Å². The molecule has 2 atom stereocenters. The first-order chi connectivity index (χ1) is 8.44. The molecule has 18 heavy (non-hydrogen) atoms. The molecule has 94 valence electrons. The number of hydrogen-bond donors (Lipinski definition) is 0. The van der Waals surface area contributed by atoms with Gasteiger partial charge in [-0.1, -0.05) is 41.4 Å². The fourth-order valence-electron chi connectivity index (χ4n) is 1.82. The van der Waals surface area contributed by atoms with Crippen LogP contribution in [0.5, 0.6) is 0 Å². The fraction of sp³-hybridized carbons (Fsp3) is 0.154. The highest BCUT2D eigenvalue weighted by Crippen LogP contribution is 2.44. The number of aldehydes is 1. The van der Waals surface area contributed by atoms with Crippen molar-refractivity contribution in [3.8, 4) is 0 Å². The number of alkyl halides is 2. The van der Waals surface area contributed by atoms with Gasteiger partial charge in [-0.15, -0.1) is 0 Å². The molecule has 0 bridgehead atoms. The Morgan fingerprint density at radius 2 is 2.11 bits per heavy atom. The van der Waals surface area contributed by atoms with Crippen LogP contribution in [0.25, 0.3) is 0 Å². The molecular formula is C13H8Cl2F2O. The third-order valence-electron chi connectivity index (χ3n) is 2.69. The number of halogens is 4. The minimum Gasteiger partial charge on any atom is -0.298 e. The maximum atomic E-state index is 14.1. The van der Waals surface area contributed by atoms with E-state index >= 15 is 0 Å². The van der Waals surface area contributed by atoms with E-state index in [2.05, 4.69) is 0 Å². The Balaban J connectivity index is 2.44. The second-order valence-corrected chi connectivity index (χ2v) is 4.93. The first-order valence-electron chi connectivity index (χ1n) is 5.13. The van der Waals surface area contributed by atoms with Crippen LogP contribution in [0.2, 0.25) is 5.02 Å². The van der Waals surface area contributed by atoms with E-state index in [4.69, 9.17) is 23.2 Å². The number of benzene rings is 1. The highest BCUT2D eigenvalue weighted by molar-refractivity contribution is 6.32. The van der Waals surface area contributed by atoms with Gasteiger partial charge in [0.25, 0.3) is 0 Å². The van der Waals surface area contributed by atoms with E-state index in [9.17, 15) is 13.6 Å². The second kappa shape index (κ2) is 4.82. The number of allylic oxidation sites excluding steroid dienone is 4. The summed E-state index contributed by atoms with van der Waals surface area (Å²) in [5, 5.41) is -2.15. The van der Waals surface area contributed by atoms with Crippen molar-refractivity contribution < 1.29 is 13.6 Å². The largest absolute Gasteiger partial charge is 0.298 e. The molecule has 1 nitrogen and oxygen atoms in total. The molecule has 0 heterocycles. The smallest absolute Gasteiger partial charge is 0.215 e. The average Bonchev–Trinajstić information content (AvgIpc) is 2.29. The highest BCUT2D eigenvalue weighted by atomic mass is 35.5. The van der Waals surface area contributed by atoms with Crippen molar-refractivity contribution in [1.29, 1.82) is 0 Å². The molecule has 0 saturated carbocycles. The van der Waals surface area contributed by atoms with Crippen LogP contribution in [0.15, 0.2) is 42.3 Å². The minimum atomic E-state index is -2.37.